The normalized spacial score (nSPS) is 28.8. The molecule has 26 heavy (non-hydrogen) atoms. The largest absolute Gasteiger partial charge is 0.497 e. The summed E-state index contributed by atoms with van der Waals surface area (Å²) in [4.78, 5) is 18.0. The molecule has 2 saturated heterocycles. The molecule has 1 aromatic rings. The highest BCUT2D eigenvalue weighted by Crippen LogP contribution is 2.44. The number of methoxy groups -OCH3 is 1. The maximum Gasteiger partial charge on any atom is 0.228 e. The molecule has 3 heterocycles. The number of likely N-dealkylation sites (tertiary alicyclic amines) is 1. The van der Waals surface area contributed by atoms with Gasteiger partial charge < -0.3 is 9.64 Å². The molecule has 3 atom stereocenters. The molecular weight excluding hydrogens is 324 g/mol. The molecule has 0 radical (unpaired) electrons. The zero-order valence-corrected chi connectivity index (χ0v) is 16.6. The van der Waals surface area contributed by atoms with Gasteiger partial charge in [-0.1, -0.05) is 26.8 Å². The molecule has 0 N–H and O–H groups in total. The molecule has 0 bridgehead atoms. The van der Waals surface area contributed by atoms with Gasteiger partial charge in [-0.05, 0) is 54.9 Å². The summed E-state index contributed by atoms with van der Waals surface area (Å²) in [7, 11) is 1.74. The van der Waals surface area contributed by atoms with Gasteiger partial charge in [0.2, 0.25) is 5.91 Å². The Labute approximate surface area is 157 Å². The first-order valence-corrected chi connectivity index (χ1v) is 10.1. The Morgan fingerprint density at radius 2 is 2.04 bits per heavy atom. The number of hydrogen-bond donors (Lipinski definition) is 0. The minimum atomic E-state index is -0.299. The lowest BCUT2D eigenvalue weighted by molar-refractivity contribution is -0.148. The number of piperidine rings is 2. The lowest BCUT2D eigenvalue weighted by Gasteiger charge is -2.53. The van der Waals surface area contributed by atoms with Crippen molar-refractivity contribution in [2.24, 2.45) is 11.3 Å². The molecule has 0 aliphatic carbocycles. The van der Waals surface area contributed by atoms with Crippen molar-refractivity contribution >= 4 is 5.91 Å². The van der Waals surface area contributed by atoms with E-state index in [4.69, 9.17) is 4.74 Å². The van der Waals surface area contributed by atoms with Gasteiger partial charge in [0.05, 0.1) is 7.11 Å². The minimum Gasteiger partial charge on any atom is -0.497 e. The number of carbonyl (C=O) groups excluding carboxylic acids is 1. The fourth-order valence-corrected chi connectivity index (χ4v) is 5.23. The number of benzene rings is 1. The first-order valence-electron chi connectivity index (χ1n) is 10.1. The summed E-state index contributed by atoms with van der Waals surface area (Å²) in [6.45, 7) is 9.34. The predicted molar refractivity (Wildman–Crippen MR) is 103 cm³/mol. The van der Waals surface area contributed by atoms with E-state index in [-0.39, 0.29) is 5.41 Å². The molecule has 0 saturated carbocycles. The number of ether oxygens (including phenoxy) is 1. The SMILES string of the molecule is COc1ccc2c(c1)C1CC3C(CCCN3C(=O)C(C)(C)C)CN1CC2. The zero-order chi connectivity index (χ0) is 18.5. The van der Waals surface area contributed by atoms with Crippen molar-refractivity contribution in [3.63, 3.8) is 0 Å². The summed E-state index contributed by atoms with van der Waals surface area (Å²) >= 11 is 0. The van der Waals surface area contributed by atoms with Crippen LogP contribution in [-0.2, 0) is 11.2 Å². The van der Waals surface area contributed by atoms with Crippen LogP contribution < -0.4 is 4.74 Å². The van der Waals surface area contributed by atoms with Crippen LogP contribution in [0.5, 0.6) is 5.75 Å². The highest BCUT2D eigenvalue weighted by atomic mass is 16.5. The second kappa shape index (κ2) is 6.56. The van der Waals surface area contributed by atoms with Gasteiger partial charge in [0.25, 0.3) is 0 Å². The van der Waals surface area contributed by atoms with E-state index >= 15 is 0 Å². The third-order valence-electron chi connectivity index (χ3n) is 6.58. The standard InChI is InChI=1S/C22H32N2O2/c1-22(2,3)21(25)24-10-5-6-16-14-23-11-9-15-7-8-17(26-4)12-18(15)20(23)13-19(16)24/h7-8,12,16,19-20H,5-6,9-11,13-14H2,1-4H3. The molecule has 0 spiro atoms. The van der Waals surface area contributed by atoms with E-state index in [9.17, 15) is 4.79 Å². The quantitative estimate of drug-likeness (QED) is 0.770. The summed E-state index contributed by atoms with van der Waals surface area (Å²) in [5.74, 6) is 1.89. The van der Waals surface area contributed by atoms with Crippen LogP contribution in [0.25, 0.3) is 0 Å². The third kappa shape index (κ3) is 3.02. The van der Waals surface area contributed by atoms with Crippen molar-refractivity contribution in [2.45, 2.75) is 58.5 Å². The third-order valence-corrected chi connectivity index (χ3v) is 6.58. The fourth-order valence-electron chi connectivity index (χ4n) is 5.23. The topological polar surface area (TPSA) is 32.8 Å². The molecular formula is C22H32N2O2. The Bertz CT molecular complexity index is 694. The smallest absolute Gasteiger partial charge is 0.228 e. The van der Waals surface area contributed by atoms with Crippen LogP contribution in [0.4, 0.5) is 0 Å². The molecule has 3 aliphatic rings. The van der Waals surface area contributed by atoms with Crippen molar-refractivity contribution in [3.05, 3.63) is 29.3 Å². The van der Waals surface area contributed by atoms with Crippen LogP contribution in [0.15, 0.2) is 18.2 Å². The maximum absolute atomic E-state index is 13.1. The molecule has 3 unspecified atom stereocenters. The number of carbonyl (C=O) groups is 1. The molecule has 142 valence electrons. The van der Waals surface area contributed by atoms with Crippen LogP contribution in [-0.4, -0.2) is 48.5 Å². The van der Waals surface area contributed by atoms with Gasteiger partial charge in [0.15, 0.2) is 0 Å². The summed E-state index contributed by atoms with van der Waals surface area (Å²) < 4.78 is 5.49. The highest BCUT2D eigenvalue weighted by molar-refractivity contribution is 5.82. The van der Waals surface area contributed by atoms with Gasteiger partial charge in [0.1, 0.15) is 5.75 Å². The molecule has 4 heteroatoms. The van der Waals surface area contributed by atoms with Gasteiger partial charge in [-0.25, -0.2) is 0 Å². The Balaban J connectivity index is 1.64. The average Bonchev–Trinajstić information content (AvgIpc) is 2.64. The lowest BCUT2D eigenvalue weighted by atomic mass is 9.76. The number of hydrogen-bond acceptors (Lipinski definition) is 3. The predicted octanol–water partition coefficient (Wildman–Crippen LogP) is 3.65. The summed E-state index contributed by atoms with van der Waals surface area (Å²) in [6, 6.07) is 7.34. The van der Waals surface area contributed by atoms with Crippen LogP contribution in [0, 0.1) is 11.3 Å². The van der Waals surface area contributed by atoms with Crippen molar-refractivity contribution < 1.29 is 9.53 Å². The minimum absolute atomic E-state index is 0.299. The number of fused-ring (bicyclic) bond motifs is 4. The Morgan fingerprint density at radius 3 is 2.77 bits per heavy atom. The van der Waals surface area contributed by atoms with Crippen molar-refractivity contribution in [3.8, 4) is 5.75 Å². The second-order valence-electron chi connectivity index (χ2n) is 9.28. The van der Waals surface area contributed by atoms with Crippen molar-refractivity contribution in [1.82, 2.24) is 9.80 Å². The molecule has 1 amide bonds. The van der Waals surface area contributed by atoms with Gasteiger partial charge in [-0.15, -0.1) is 0 Å². The number of nitrogens with zero attached hydrogens (tertiary/aromatic N) is 2. The average molecular weight is 357 g/mol. The molecule has 0 aromatic heterocycles. The monoisotopic (exact) mass is 356 g/mol. The lowest BCUT2D eigenvalue weighted by Crippen LogP contribution is -2.59. The van der Waals surface area contributed by atoms with E-state index in [0.717, 1.165) is 44.6 Å². The second-order valence-corrected chi connectivity index (χ2v) is 9.28. The highest BCUT2D eigenvalue weighted by Gasteiger charge is 2.45. The molecule has 1 aromatic carbocycles. The van der Waals surface area contributed by atoms with Crippen LogP contribution in [0.1, 0.15) is 57.2 Å². The van der Waals surface area contributed by atoms with Crippen molar-refractivity contribution in [1.29, 1.82) is 0 Å². The van der Waals surface area contributed by atoms with Gasteiger partial charge in [-0.2, -0.15) is 0 Å². The Kier molecular flexibility index (Phi) is 4.50. The first kappa shape index (κ1) is 17.8. The Hall–Kier alpha value is -1.55. The summed E-state index contributed by atoms with van der Waals surface area (Å²) in [5.41, 5.74) is 2.57. The van der Waals surface area contributed by atoms with Crippen molar-refractivity contribution in [2.75, 3.05) is 26.7 Å². The number of rotatable bonds is 1. The van der Waals surface area contributed by atoms with Gasteiger partial charge in [0, 0.05) is 37.1 Å². The number of amides is 1. The molecule has 2 fully saturated rings. The van der Waals surface area contributed by atoms with E-state index in [0.29, 0.717) is 23.9 Å². The van der Waals surface area contributed by atoms with E-state index in [2.05, 4.69) is 48.8 Å². The van der Waals surface area contributed by atoms with Crippen LogP contribution >= 0.6 is 0 Å². The van der Waals surface area contributed by atoms with Gasteiger partial charge in [-0.3, -0.25) is 9.69 Å². The molecule has 3 aliphatic heterocycles. The Morgan fingerprint density at radius 1 is 1.23 bits per heavy atom. The first-order chi connectivity index (χ1) is 12.4. The van der Waals surface area contributed by atoms with E-state index in [1.54, 1.807) is 7.11 Å². The van der Waals surface area contributed by atoms with E-state index < -0.39 is 0 Å². The molecule has 4 rings (SSSR count). The van der Waals surface area contributed by atoms with Gasteiger partial charge >= 0.3 is 0 Å². The fraction of sp³-hybridized carbons (Fsp3) is 0.682. The van der Waals surface area contributed by atoms with Crippen LogP contribution in [0.2, 0.25) is 0 Å². The van der Waals surface area contributed by atoms with E-state index in [1.165, 1.54) is 17.5 Å². The summed E-state index contributed by atoms with van der Waals surface area (Å²) in [6.07, 6.45) is 4.59. The van der Waals surface area contributed by atoms with E-state index in [1.807, 2.05) is 0 Å². The zero-order valence-electron chi connectivity index (χ0n) is 16.6. The molecule has 4 nitrogen and oxygen atoms in total. The van der Waals surface area contributed by atoms with Crippen LogP contribution in [0.3, 0.4) is 0 Å². The maximum atomic E-state index is 13.1. The summed E-state index contributed by atoms with van der Waals surface area (Å²) in [5, 5.41) is 0.